The van der Waals surface area contributed by atoms with Gasteiger partial charge in [-0.15, -0.1) is 0 Å². The molecule has 0 atom stereocenters. The molecule has 0 spiro atoms. The van der Waals surface area contributed by atoms with Gasteiger partial charge in [0, 0.05) is 19.2 Å². The van der Waals surface area contributed by atoms with E-state index in [4.69, 9.17) is 0 Å². The fraction of sp³-hybridized carbons (Fsp3) is 0.643. The minimum atomic E-state index is 0.112. The van der Waals surface area contributed by atoms with Gasteiger partial charge < -0.3 is 4.90 Å². The van der Waals surface area contributed by atoms with Crippen molar-refractivity contribution < 1.29 is 4.79 Å². The lowest BCUT2D eigenvalue weighted by Crippen LogP contribution is -2.35. The maximum atomic E-state index is 11.9. The van der Waals surface area contributed by atoms with Crippen molar-refractivity contribution in [2.75, 3.05) is 13.1 Å². The zero-order valence-electron chi connectivity index (χ0n) is 11.2. The van der Waals surface area contributed by atoms with Crippen LogP contribution in [0.25, 0.3) is 0 Å². The third-order valence-electron chi connectivity index (χ3n) is 2.03. The lowest BCUT2D eigenvalue weighted by Gasteiger charge is -2.25. The highest BCUT2D eigenvalue weighted by molar-refractivity contribution is 5.87. The number of hydrogen-bond acceptors (Lipinski definition) is 1. The van der Waals surface area contributed by atoms with Gasteiger partial charge in [0.15, 0.2) is 0 Å². The standard InChI is InChI=1S/C14H25NO/c1-6-7-8-9-14(16)15(10-12(2)3)11-13(4)5/h6-9,12-13H,10-11H2,1-5H3/b7-6+,9-8+. The van der Waals surface area contributed by atoms with Crippen LogP contribution in [-0.4, -0.2) is 23.9 Å². The summed E-state index contributed by atoms with van der Waals surface area (Å²) in [6.45, 7) is 12.1. The van der Waals surface area contributed by atoms with Crippen LogP contribution < -0.4 is 0 Å². The maximum absolute atomic E-state index is 11.9. The summed E-state index contributed by atoms with van der Waals surface area (Å²) in [6, 6.07) is 0. The first-order valence-corrected chi connectivity index (χ1v) is 6.05. The van der Waals surface area contributed by atoms with E-state index in [-0.39, 0.29) is 5.91 Å². The molecule has 1 amide bonds. The van der Waals surface area contributed by atoms with Gasteiger partial charge in [0.25, 0.3) is 0 Å². The van der Waals surface area contributed by atoms with Crippen molar-refractivity contribution in [1.82, 2.24) is 4.90 Å². The lowest BCUT2D eigenvalue weighted by molar-refractivity contribution is -0.127. The number of amides is 1. The summed E-state index contributed by atoms with van der Waals surface area (Å²) in [7, 11) is 0. The van der Waals surface area contributed by atoms with Crippen molar-refractivity contribution in [1.29, 1.82) is 0 Å². The van der Waals surface area contributed by atoms with Gasteiger partial charge in [-0.2, -0.15) is 0 Å². The van der Waals surface area contributed by atoms with E-state index in [0.717, 1.165) is 13.1 Å². The highest BCUT2D eigenvalue weighted by atomic mass is 16.2. The quantitative estimate of drug-likeness (QED) is 0.500. The molecule has 0 aromatic heterocycles. The van der Waals surface area contributed by atoms with E-state index >= 15 is 0 Å². The Bertz CT molecular complexity index is 241. The van der Waals surface area contributed by atoms with Gasteiger partial charge in [0.1, 0.15) is 0 Å². The molecule has 0 rings (SSSR count). The molecule has 0 bridgehead atoms. The highest BCUT2D eigenvalue weighted by Gasteiger charge is 2.13. The topological polar surface area (TPSA) is 20.3 Å². The second-order valence-corrected chi connectivity index (χ2v) is 4.92. The molecule has 2 heteroatoms. The summed E-state index contributed by atoms with van der Waals surface area (Å²) < 4.78 is 0. The van der Waals surface area contributed by atoms with Gasteiger partial charge in [-0.1, -0.05) is 45.9 Å². The van der Waals surface area contributed by atoms with Crippen LogP contribution in [0.2, 0.25) is 0 Å². The molecule has 2 nitrogen and oxygen atoms in total. The van der Waals surface area contributed by atoms with Crippen molar-refractivity contribution in [2.45, 2.75) is 34.6 Å². The molecule has 0 aliphatic heterocycles. The summed E-state index contributed by atoms with van der Waals surface area (Å²) in [6.07, 6.45) is 7.24. The molecule has 0 saturated heterocycles. The van der Waals surface area contributed by atoms with E-state index in [1.807, 2.05) is 24.0 Å². The van der Waals surface area contributed by atoms with Crippen LogP contribution in [0, 0.1) is 11.8 Å². The zero-order chi connectivity index (χ0) is 12.6. The van der Waals surface area contributed by atoms with Gasteiger partial charge in [-0.05, 0) is 18.8 Å². The van der Waals surface area contributed by atoms with Gasteiger partial charge in [-0.25, -0.2) is 0 Å². The average molecular weight is 223 g/mol. The molecule has 0 N–H and O–H groups in total. The molecule has 0 fully saturated rings. The largest absolute Gasteiger partial charge is 0.339 e. The van der Waals surface area contributed by atoms with E-state index in [0.29, 0.717) is 11.8 Å². The van der Waals surface area contributed by atoms with Crippen molar-refractivity contribution >= 4 is 5.91 Å². The SMILES string of the molecule is C/C=C/C=C/C(=O)N(CC(C)C)CC(C)C. The molecule has 92 valence electrons. The first kappa shape index (κ1) is 14.9. The van der Waals surface area contributed by atoms with Gasteiger partial charge in [-0.3, -0.25) is 4.79 Å². The van der Waals surface area contributed by atoms with Crippen LogP contribution in [0.15, 0.2) is 24.3 Å². The Balaban J connectivity index is 4.42. The van der Waals surface area contributed by atoms with E-state index in [2.05, 4.69) is 27.7 Å². The normalized spacial score (nSPS) is 12.2. The fourth-order valence-corrected chi connectivity index (χ4v) is 1.49. The molecular weight excluding hydrogens is 198 g/mol. The minimum Gasteiger partial charge on any atom is -0.339 e. The summed E-state index contributed by atoms with van der Waals surface area (Å²) in [4.78, 5) is 13.8. The monoisotopic (exact) mass is 223 g/mol. The Morgan fingerprint density at radius 3 is 1.94 bits per heavy atom. The lowest BCUT2D eigenvalue weighted by atomic mass is 10.1. The molecule has 0 radical (unpaired) electrons. The molecule has 0 aromatic rings. The molecular formula is C14H25NO. The summed E-state index contributed by atoms with van der Waals surface area (Å²) in [5.41, 5.74) is 0. The second kappa shape index (κ2) is 8.14. The second-order valence-electron chi connectivity index (χ2n) is 4.92. The third kappa shape index (κ3) is 7.27. The number of carbonyl (C=O) groups excluding carboxylic acids is 1. The molecule has 0 heterocycles. The Morgan fingerprint density at radius 1 is 1.06 bits per heavy atom. The fourth-order valence-electron chi connectivity index (χ4n) is 1.49. The van der Waals surface area contributed by atoms with Gasteiger partial charge in [0.05, 0.1) is 0 Å². The molecule has 0 aliphatic rings. The molecule has 16 heavy (non-hydrogen) atoms. The first-order valence-electron chi connectivity index (χ1n) is 6.05. The van der Waals surface area contributed by atoms with E-state index in [1.165, 1.54) is 0 Å². The number of nitrogens with zero attached hydrogens (tertiary/aromatic N) is 1. The summed E-state index contributed by atoms with van der Waals surface area (Å²) in [5.74, 6) is 1.14. The van der Waals surface area contributed by atoms with E-state index in [9.17, 15) is 4.79 Å². The number of rotatable bonds is 6. The van der Waals surface area contributed by atoms with Crippen LogP contribution in [0.4, 0.5) is 0 Å². The molecule has 0 aromatic carbocycles. The highest BCUT2D eigenvalue weighted by Crippen LogP contribution is 2.04. The van der Waals surface area contributed by atoms with Crippen LogP contribution in [0.1, 0.15) is 34.6 Å². The smallest absolute Gasteiger partial charge is 0.246 e. The van der Waals surface area contributed by atoms with Crippen LogP contribution in [0.5, 0.6) is 0 Å². The van der Waals surface area contributed by atoms with E-state index in [1.54, 1.807) is 12.2 Å². The summed E-state index contributed by atoms with van der Waals surface area (Å²) >= 11 is 0. The molecule has 0 aliphatic carbocycles. The Hall–Kier alpha value is -1.05. The summed E-state index contributed by atoms with van der Waals surface area (Å²) in [5, 5.41) is 0. The maximum Gasteiger partial charge on any atom is 0.246 e. The zero-order valence-corrected chi connectivity index (χ0v) is 11.2. The third-order valence-corrected chi connectivity index (χ3v) is 2.03. The van der Waals surface area contributed by atoms with Crippen LogP contribution >= 0.6 is 0 Å². The average Bonchev–Trinajstić information content (AvgIpc) is 2.15. The van der Waals surface area contributed by atoms with E-state index < -0.39 is 0 Å². The van der Waals surface area contributed by atoms with Gasteiger partial charge >= 0.3 is 0 Å². The predicted octanol–water partition coefficient (Wildman–Crippen LogP) is 3.26. The number of allylic oxidation sites excluding steroid dienone is 3. The van der Waals surface area contributed by atoms with Crippen molar-refractivity contribution in [3.05, 3.63) is 24.3 Å². The Kier molecular flexibility index (Phi) is 7.61. The van der Waals surface area contributed by atoms with Gasteiger partial charge in [0.2, 0.25) is 5.91 Å². The van der Waals surface area contributed by atoms with Crippen molar-refractivity contribution in [2.24, 2.45) is 11.8 Å². The number of carbonyl (C=O) groups is 1. The molecule has 0 saturated carbocycles. The predicted molar refractivity (Wildman–Crippen MR) is 70.2 cm³/mol. The van der Waals surface area contributed by atoms with Crippen LogP contribution in [-0.2, 0) is 4.79 Å². The Labute approximate surface area is 100 Å². The van der Waals surface area contributed by atoms with Crippen molar-refractivity contribution in [3.63, 3.8) is 0 Å². The Morgan fingerprint density at radius 2 is 1.56 bits per heavy atom. The van der Waals surface area contributed by atoms with Crippen molar-refractivity contribution in [3.8, 4) is 0 Å². The minimum absolute atomic E-state index is 0.112. The molecule has 0 unspecified atom stereocenters. The number of hydrogen-bond donors (Lipinski definition) is 0. The first-order chi connectivity index (χ1) is 7.47. The van der Waals surface area contributed by atoms with Crippen LogP contribution in [0.3, 0.4) is 0 Å².